The van der Waals surface area contributed by atoms with E-state index in [2.05, 4.69) is 9.71 Å². The maximum absolute atomic E-state index is 12.5. The molecule has 0 radical (unpaired) electrons. The summed E-state index contributed by atoms with van der Waals surface area (Å²) >= 11 is 5.71. The lowest BCUT2D eigenvalue weighted by molar-refractivity contribution is -0.384. The molecule has 7 nitrogen and oxygen atoms in total. The van der Waals surface area contributed by atoms with E-state index in [1.165, 1.54) is 12.1 Å². The van der Waals surface area contributed by atoms with Crippen molar-refractivity contribution in [3.63, 3.8) is 0 Å². The average molecular weight is 368 g/mol. The predicted molar refractivity (Wildman–Crippen MR) is 91.9 cm³/mol. The molecular weight excluding hydrogens is 354 g/mol. The normalized spacial score (nSPS) is 12.0. The first-order valence-corrected chi connectivity index (χ1v) is 8.78. The summed E-state index contributed by atoms with van der Waals surface area (Å²) in [5.41, 5.74) is 0.111. The zero-order chi connectivity index (χ0) is 17.7. The Morgan fingerprint density at radius 2 is 1.92 bits per heavy atom. The van der Waals surface area contributed by atoms with E-state index >= 15 is 0 Å². The minimum Gasteiger partial charge on any atom is -0.268 e. The number of amidine groups is 1. The van der Waals surface area contributed by atoms with Crippen LogP contribution in [0.25, 0.3) is 0 Å². The van der Waals surface area contributed by atoms with Gasteiger partial charge in [-0.05, 0) is 19.1 Å². The maximum Gasteiger partial charge on any atom is 0.289 e. The van der Waals surface area contributed by atoms with Gasteiger partial charge in [0.2, 0.25) is 0 Å². The van der Waals surface area contributed by atoms with Crippen molar-refractivity contribution in [3.05, 3.63) is 69.2 Å². The zero-order valence-corrected chi connectivity index (χ0v) is 14.2. The average Bonchev–Trinajstić information content (AvgIpc) is 2.55. The highest BCUT2D eigenvalue weighted by Gasteiger charge is 2.22. The number of sulfonamides is 1. The largest absolute Gasteiger partial charge is 0.289 e. The molecule has 0 amide bonds. The van der Waals surface area contributed by atoms with Gasteiger partial charge in [0.1, 0.15) is 10.9 Å². The number of hydrogen-bond acceptors (Lipinski definition) is 5. The molecule has 0 aliphatic heterocycles. The maximum atomic E-state index is 12.5. The highest BCUT2D eigenvalue weighted by atomic mass is 35.5. The van der Waals surface area contributed by atoms with Crippen LogP contribution in [-0.4, -0.2) is 25.7 Å². The van der Waals surface area contributed by atoms with Crippen molar-refractivity contribution in [2.75, 3.05) is 6.54 Å². The lowest BCUT2D eigenvalue weighted by Gasteiger charge is -2.11. The number of nitrogens with one attached hydrogen (secondary N) is 1. The Bertz CT molecular complexity index is 883. The molecule has 0 saturated heterocycles. The first kappa shape index (κ1) is 17.9. The molecule has 0 bridgehead atoms. The summed E-state index contributed by atoms with van der Waals surface area (Å²) in [5, 5.41) is 10.8. The molecule has 9 heteroatoms. The van der Waals surface area contributed by atoms with E-state index in [-0.39, 0.29) is 15.8 Å². The van der Waals surface area contributed by atoms with E-state index in [1.807, 2.05) is 0 Å². The second-order valence-electron chi connectivity index (χ2n) is 4.66. The van der Waals surface area contributed by atoms with E-state index < -0.39 is 20.6 Å². The van der Waals surface area contributed by atoms with E-state index in [0.29, 0.717) is 12.1 Å². The van der Waals surface area contributed by atoms with Crippen molar-refractivity contribution in [1.82, 2.24) is 4.72 Å². The summed E-state index contributed by atoms with van der Waals surface area (Å²) in [6, 6.07) is 12.0. The molecule has 0 aliphatic rings. The van der Waals surface area contributed by atoms with Gasteiger partial charge in [-0.2, -0.15) is 0 Å². The Morgan fingerprint density at radius 3 is 2.50 bits per heavy atom. The molecule has 2 aromatic rings. The van der Waals surface area contributed by atoms with Gasteiger partial charge < -0.3 is 0 Å². The van der Waals surface area contributed by atoms with E-state index in [0.717, 1.165) is 6.07 Å². The fourth-order valence-electron chi connectivity index (χ4n) is 1.92. The van der Waals surface area contributed by atoms with Gasteiger partial charge >= 0.3 is 0 Å². The minimum atomic E-state index is -4.05. The summed E-state index contributed by atoms with van der Waals surface area (Å²) in [4.78, 5) is 14.1. The van der Waals surface area contributed by atoms with Crippen LogP contribution in [0.3, 0.4) is 0 Å². The Hall–Kier alpha value is -2.45. The molecule has 126 valence electrons. The minimum absolute atomic E-state index is 0.135. The number of benzene rings is 2. The van der Waals surface area contributed by atoms with Crippen molar-refractivity contribution in [2.24, 2.45) is 4.99 Å². The van der Waals surface area contributed by atoms with Crippen LogP contribution < -0.4 is 4.72 Å². The lowest BCUT2D eigenvalue weighted by atomic mass is 10.2. The van der Waals surface area contributed by atoms with Crippen LogP contribution >= 0.6 is 11.6 Å². The van der Waals surface area contributed by atoms with Crippen LogP contribution in [0.15, 0.2) is 58.4 Å². The van der Waals surface area contributed by atoms with Crippen LogP contribution in [0.1, 0.15) is 12.5 Å². The van der Waals surface area contributed by atoms with Gasteiger partial charge in [0.05, 0.1) is 9.82 Å². The van der Waals surface area contributed by atoms with Gasteiger partial charge in [0.25, 0.3) is 15.7 Å². The highest BCUT2D eigenvalue weighted by Crippen LogP contribution is 2.27. The summed E-state index contributed by atoms with van der Waals surface area (Å²) < 4.78 is 27.4. The van der Waals surface area contributed by atoms with Crippen molar-refractivity contribution in [3.8, 4) is 0 Å². The Labute approximate surface area is 144 Å². The number of hydrogen-bond donors (Lipinski definition) is 1. The van der Waals surface area contributed by atoms with Crippen LogP contribution in [0.5, 0.6) is 0 Å². The molecule has 2 rings (SSSR count). The fourth-order valence-corrected chi connectivity index (χ4v) is 3.18. The van der Waals surface area contributed by atoms with E-state index in [4.69, 9.17) is 11.6 Å². The number of nitro groups is 1. The SMILES string of the molecule is CCN=C(NS(=O)(=O)c1ccc(Cl)c([N+](=O)[O-])c1)c1ccccc1. The first-order valence-electron chi connectivity index (χ1n) is 6.91. The number of nitrogens with zero attached hydrogens (tertiary/aromatic N) is 2. The van der Waals surface area contributed by atoms with Crippen LogP contribution in [0.4, 0.5) is 5.69 Å². The smallest absolute Gasteiger partial charge is 0.268 e. The fraction of sp³-hybridized carbons (Fsp3) is 0.133. The highest BCUT2D eigenvalue weighted by molar-refractivity contribution is 7.90. The van der Waals surface area contributed by atoms with Crippen LogP contribution in [0.2, 0.25) is 5.02 Å². The van der Waals surface area contributed by atoms with Gasteiger partial charge in [0, 0.05) is 18.2 Å². The summed E-state index contributed by atoms with van der Waals surface area (Å²) in [5.74, 6) is 0.163. The van der Waals surface area contributed by atoms with Gasteiger partial charge in [-0.1, -0.05) is 41.9 Å². The number of nitro benzene ring substituents is 1. The molecule has 0 aromatic heterocycles. The van der Waals surface area contributed by atoms with Gasteiger partial charge in [-0.3, -0.25) is 19.8 Å². The molecule has 24 heavy (non-hydrogen) atoms. The molecular formula is C15H14ClN3O4S. The third-order valence-electron chi connectivity index (χ3n) is 3.02. The van der Waals surface area contributed by atoms with Gasteiger partial charge in [-0.15, -0.1) is 0 Å². The van der Waals surface area contributed by atoms with Crippen molar-refractivity contribution in [2.45, 2.75) is 11.8 Å². The summed E-state index contributed by atoms with van der Waals surface area (Å²) in [6.45, 7) is 2.14. The molecule has 0 saturated carbocycles. The standard InChI is InChI=1S/C15H14ClN3O4S/c1-2-17-15(11-6-4-3-5-7-11)18-24(22,23)12-8-9-13(16)14(10-12)19(20)21/h3-10H,2H2,1H3,(H,17,18). The van der Waals surface area contributed by atoms with Gasteiger partial charge in [0.15, 0.2) is 0 Å². The van der Waals surface area contributed by atoms with Crippen molar-refractivity contribution in [1.29, 1.82) is 0 Å². The van der Waals surface area contributed by atoms with Crippen LogP contribution in [0, 0.1) is 10.1 Å². The molecule has 1 N–H and O–H groups in total. The lowest BCUT2D eigenvalue weighted by Crippen LogP contribution is -2.31. The molecule has 0 aliphatic carbocycles. The molecule has 0 heterocycles. The second kappa shape index (κ2) is 7.41. The number of aliphatic imine (C=N–C) groups is 1. The summed E-state index contributed by atoms with van der Waals surface area (Å²) in [7, 11) is -4.05. The van der Waals surface area contributed by atoms with E-state index in [1.54, 1.807) is 37.3 Å². The Kier molecular flexibility index (Phi) is 5.53. The third-order valence-corrected chi connectivity index (χ3v) is 4.68. The molecule has 0 atom stereocenters. The molecule has 0 unspecified atom stereocenters. The molecule has 0 fully saturated rings. The van der Waals surface area contributed by atoms with Crippen molar-refractivity contribution < 1.29 is 13.3 Å². The van der Waals surface area contributed by atoms with Gasteiger partial charge in [-0.25, -0.2) is 8.42 Å². The van der Waals surface area contributed by atoms with E-state index in [9.17, 15) is 18.5 Å². The first-order chi connectivity index (χ1) is 11.3. The molecule has 2 aromatic carbocycles. The topological polar surface area (TPSA) is 102 Å². The Balaban J connectivity index is 2.42. The predicted octanol–water partition coefficient (Wildman–Crippen LogP) is 2.99. The van der Waals surface area contributed by atoms with Crippen molar-refractivity contribution >= 4 is 33.1 Å². The molecule has 0 spiro atoms. The Morgan fingerprint density at radius 1 is 1.25 bits per heavy atom. The zero-order valence-electron chi connectivity index (χ0n) is 12.6. The quantitative estimate of drug-likeness (QED) is 0.380. The number of halogens is 1. The number of rotatable bonds is 5. The third kappa shape index (κ3) is 4.09. The summed E-state index contributed by atoms with van der Waals surface area (Å²) in [6.07, 6.45) is 0. The van der Waals surface area contributed by atoms with Crippen LogP contribution in [-0.2, 0) is 10.0 Å². The monoisotopic (exact) mass is 367 g/mol. The second-order valence-corrected chi connectivity index (χ2v) is 6.75.